The fourth-order valence-corrected chi connectivity index (χ4v) is 2.16. The molecule has 0 saturated heterocycles. The monoisotopic (exact) mass is 212 g/mol. The summed E-state index contributed by atoms with van der Waals surface area (Å²) in [5.74, 6) is 1.27. The van der Waals surface area contributed by atoms with Crippen molar-refractivity contribution in [2.45, 2.75) is 46.1 Å². The molecule has 1 aliphatic rings. The van der Waals surface area contributed by atoms with Gasteiger partial charge in [0.1, 0.15) is 0 Å². The standard InChI is InChI=1S/C12H24N2O/c1-8(2)9(3)14-12(15)11-6-4-5-10(11)7-13/h8-11H,4-7,13H2,1-3H3,(H,14,15)/t9?,10-,11-/m1/s1. The molecule has 0 aliphatic heterocycles. The molecule has 3 N–H and O–H groups in total. The Bertz CT molecular complexity index is 216. The lowest BCUT2D eigenvalue weighted by Crippen LogP contribution is -2.41. The topological polar surface area (TPSA) is 55.1 Å². The highest BCUT2D eigenvalue weighted by atomic mass is 16.2. The minimum Gasteiger partial charge on any atom is -0.353 e. The first-order valence-electron chi connectivity index (χ1n) is 6.06. The van der Waals surface area contributed by atoms with Crippen molar-refractivity contribution in [3.05, 3.63) is 0 Å². The van der Waals surface area contributed by atoms with Gasteiger partial charge in [0.2, 0.25) is 5.91 Å². The van der Waals surface area contributed by atoms with E-state index in [2.05, 4.69) is 26.1 Å². The van der Waals surface area contributed by atoms with Gasteiger partial charge in [-0.3, -0.25) is 4.79 Å². The Hall–Kier alpha value is -0.570. The molecule has 0 spiro atoms. The molecule has 1 rings (SSSR count). The summed E-state index contributed by atoms with van der Waals surface area (Å²) in [6.07, 6.45) is 3.28. The normalized spacial score (nSPS) is 28.1. The number of nitrogens with one attached hydrogen (secondary N) is 1. The van der Waals surface area contributed by atoms with Crippen LogP contribution < -0.4 is 11.1 Å². The third-order valence-electron chi connectivity index (χ3n) is 3.67. The Kier molecular flexibility index (Phi) is 4.58. The van der Waals surface area contributed by atoms with Crippen LogP contribution in [0.5, 0.6) is 0 Å². The Morgan fingerprint density at radius 2 is 2.07 bits per heavy atom. The van der Waals surface area contributed by atoms with Crippen LogP contribution >= 0.6 is 0 Å². The van der Waals surface area contributed by atoms with E-state index in [0.29, 0.717) is 18.4 Å². The van der Waals surface area contributed by atoms with Gasteiger partial charge in [-0.1, -0.05) is 20.3 Å². The molecule has 0 aromatic rings. The summed E-state index contributed by atoms with van der Waals surface area (Å²) in [6.45, 7) is 6.96. The molecule has 0 heterocycles. The van der Waals surface area contributed by atoms with Gasteiger partial charge >= 0.3 is 0 Å². The minimum absolute atomic E-state index is 0.163. The zero-order valence-corrected chi connectivity index (χ0v) is 10.1. The van der Waals surface area contributed by atoms with Crippen molar-refractivity contribution in [2.75, 3.05) is 6.54 Å². The average Bonchev–Trinajstić information content (AvgIpc) is 2.64. The Balaban J connectivity index is 2.46. The van der Waals surface area contributed by atoms with Gasteiger partial charge in [0, 0.05) is 12.0 Å². The average molecular weight is 212 g/mol. The second-order valence-electron chi connectivity index (χ2n) is 5.07. The number of hydrogen-bond acceptors (Lipinski definition) is 2. The molecular weight excluding hydrogens is 188 g/mol. The Labute approximate surface area is 92.8 Å². The molecule has 0 aromatic heterocycles. The Morgan fingerprint density at radius 1 is 1.40 bits per heavy atom. The van der Waals surface area contributed by atoms with E-state index in [4.69, 9.17) is 5.73 Å². The van der Waals surface area contributed by atoms with Crippen LogP contribution in [0.25, 0.3) is 0 Å². The molecule has 15 heavy (non-hydrogen) atoms. The second-order valence-corrected chi connectivity index (χ2v) is 5.07. The first-order chi connectivity index (χ1) is 7.06. The molecule has 0 aromatic carbocycles. The second kappa shape index (κ2) is 5.50. The molecule has 88 valence electrons. The zero-order chi connectivity index (χ0) is 11.4. The SMILES string of the molecule is CC(C)C(C)NC(=O)[C@@H]1CCC[C@@H]1CN. The number of carbonyl (C=O) groups excluding carboxylic acids is 1. The quantitative estimate of drug-likeness (QED) is 0.742. The van der Waals surface area contributed by atoms with Gasteiger partial charge < -0.3 is 11.1 Å². The van der Waals surface area contributed by atoms with E-state index >= 15 is 0 Å². The maximum absolute atomic E-state index is 12.0. The molecule has 1 fully saturated rings. The van der Waals surface area contributed by atoms with Crippen LogP contribution in [0.1, 0.15) is 40.0 Å². The lowest BCUT2D eigenvalue weighted by Gasteiger charge is -2.22. The van der Waals surface area contributed by atoms with Crippen LogP contribution in [0.15, 0.2) is 0 Å². The van der Waals surface area contributed by atoms with Crippen molar-refractivity contribution in [1.82, 2.24) is 5.32 Å². The lowest BCUT2D eigenvalue weighted by atomic mass is 9.94. The smallest absolute Gasteiger partial charge is 0.223 e. The summed E-state index contributed by atoms with van der Waals surface area (Å²) >= 11 is 0. The predicted molar refractivity (Wildman–Crippen MR) is 62.3 cm³/mol. The van der Waals surface area contributed by atoms with E-state index in [1.54, 1.807) is 0 Å². The van der Waals surface area contributed by atoms with Crippen LogP contribution in [-0.4, -0.2) is 18.5 Å². The van der Waals surface area contributed by atoms with Gasteiger partial charge in [-0.15, -0.1) is 0 Å². The zero-order valence-electron chi connectivity index (χ0n) is 10.1. The third kappa shape index (κ3) is 3.20. The summed E-state index contributed by atoms with van der Waals surface area (Å²) in [7, 11) is 0. The van der Waals surface area contributed by atoms with Gasteiger partial charge in [0.05, 0.1) is 0 Å². The number of hydrogen-bond donors (Lipinski definition) is 2. The van der Waals surface area contributed by atoms with Gasteiger partial charge in [0.15, 0.2) is 0 Å². The lowest BCUT2D eigenvalue weighted by molar-refractivity contribution is -0.126. The molecular formula is C12H24N2O. The number of rotatable bonds is 4. The number of nitrogens with two attached hydrogens (primary N) is 1. The number of amides is 1. The molecule has 1 unspecified atom stereocenters. The first-order valence-corrected chi connectivity index (χ1v) is 6.06. The van der Waals surface area contributed by atoms with E-state index in [9.17, 15) is 4.79 Å². The highest BCUT2D eigenvalue weighted by Gasteiger charge is 2.32. The van der Waals surface area contributed by atoms with E-state index in [-0.39, 0.29) is 17.9 Å². The maximum atomic E-state index is 12.0. The predicted octanol–water partition coefficient (Wildman–Crippen LogP) is 1.52. The highest BCUT2D eigenvalue weighted by molar-refractivity contribution is 5.79. The van der Waals surface area contributed by atoms with Crippen molar-refractivity contribution < 1.29 is 4.79 Å². The van der Waals surface area contributed by atoms with Crippen LogP contribution in [0, 0.1) is 17.8 Å². The van der Waals surface area contributed by atoms with Crippen molar-refractivity contribution >= 4 is 5.91 Å². The molecule has 3 nitrogen and oxygen atoms in total. The first kappa shape index (κ1) is 12.5. The fraction of sp³-hybridized carbons (Fsp3) is 0.917. The van der Waals surface area contributed by atoms with Crippen LogP contribution in [-0.2, 0) is 4.79 Å². The van der Waals surface area contributed by atoms with E-state index in [1.807, 2.05) is 0 Å². The highest BCUT2D eigenvalue weighted by Crippen LogP contribution is 2.31. The van der Waals surface area contributed by atoms with Crippen molar-refractivity contribution in [2.24, 2.45) is 23.5 Å². The number of carbonyl (C=O) groups is 1. The minimum atomic E-state index is 0.163. The molecule has 1 amide bonds. The van der Waals surface area contributed by atoms with Gasteiger partial charge in [-0.25, -0.2) is 0 Å². The third-order valence-corrected chi connectivity index (χ3v) is 3.67. The van der Waals surface area contributed by atoms with Gasteiger partial charge in [-0.05, 0) is 38.1 Å². The van der Waals surface area contributed by atoms with E-state index in [1.165, 1.54) is 0 Å². The molecule has 0 bridgehead atoms. The summed E-state index contributed by atoms with van der Waals surface area (Å²) in [5, 5.41) is 3.09. The molecule has 0 radical (unpaired) electrons. The summed E-state index contributed by atoms with van der Waals surface area (Å²) in [5.41, 5.74) is 5.67. The summed E-state index contributed by atoms with van der Waals surface area (Å²) in [4.78, 5) is 12.0. The van der Waals surface area contributed by atoms with E-state index < -0.39 is 0 Å². The largest absolute Gasteiger partial charge is 0.353 e. The Morgan fingerprint density at radius 3 is 2.60 bits per heavy atom. The van der Waals surface area contributed by atoms with Gasteiger partial charge in [0.25, 0.3) is 0 Å². The maximum Gasteiger partial charge on any atom is 0.223 e. The van der Waals surface area contributed by atoms with E-state index in [0.717, 1.165) is 19.3 Å². The fourth-order valence-electron chi connectivity index (χ4n) is 2.16. The molecule has 3 heteroatoms. The molecule has 1 aliphatic carbocycles. The summed E-state index contributed by atoms with van der Waals surface area (Å²) in [6, 6.07) is 0.261. The van der Waals surface area contributed by atoms with Crippen LogP contribution in [0.2, 0.25) is 0 Å². The van der Waals surface area contributed by atoms with Crippen LogP contribution in [0.4, 0.5) is 0 Å². The van der Waals surface area contributed by atoms with Crippen molar-refractivity contribution in [1.29, 1.82) is 0 Å². The van der Waals surface area contributed by atoms with Crippen molar-refractivity contribution in [3.8, 4) is 0 Å². The summed E-state index contributed by atoms with van der Waals surface area (Å²) < 4.78 is 0. The van der Waals surface area contributed by atoms with Crippen molar-refractivity contribution in [3.63, 3.8) is 0 Å². The molecule has 1 saturated carbocycles. The van der Waals surface area contributed by atoms with Crippen LogP contribution in [0.3, 0.4) is 0 Å². The van der Waals surface area contributed by atoms with Gasteiger partial charge in [-0.2, -0.15) is 0 Å². The molecule has 3 atom stereocenters.